The van der Waals surface area contributed by atoms with Crippen LogP contribution in [0.2, 0.25) is 0 Å². The number of rotatable bonds is 8. The van der Waals surface area contributed by atoms with Gasteiger partial charge in [-0.25, -0.2) is 8.42 Å². The maximum atomic E-state index is 11.8. The lowest BCUT2D eigenvalue weighted by atomic mass is 10.2. The predicted molar refractivity (Wildman–Crippen MR) is 94.7 cm³/mol. The summed E-state index contributed by atoms with van der Waals surface area (Å²) in [5, 5.41) is 20.6. The van der Waals surface area contributed by atoms with E-state index >= 15 is 0 Å². The molecular weight excluding hydrogens is 362 g/mol. The molecule has 0 aliphatic carbocycles. The summed E-state index contributed by atoms with van der Waals surface area (Å²) in [6.45, 7) is 2.43. The molecule has 0 spiro atoms. The van der Waals surface area contributed by atoms with Gasteiger partial charge in [-0.2, -0.15) is 5.10 Å². The Balaban J connectivity index is 1.90. The number of benzene rings is 1. The van der Waals surface area contributed by atoms with E-state index in [9.17, 15) is 23.3 Å². The fourth-order valence-corrected chi connectivity index (χ4v) is 2.84. The second-order valence-corrected chi connectivity index (χ2v) is 7.72. The normalized spacial score (nSPS) is 11.2. The van der Waals surface area contributed by atoms with E-state index in [0.717, 1.165) is 17.9 Å². The molecule has 0 aliphatic heterocycles. The number of nitro groups is 1. The van der Waals surface area contributed by atoms with Crippen LogP contribution >= 0.6 is 0 Å². The molecule has 0 saturated heterocycles. The number of carbonyl (C=O) groups excluding carboxylic acids is 1. The van der Waals surface area contributed by atoms with Gasteiger partial charge in [-0.3, -0.25) is 19.6 Å². The van der Waals surface area contributed by atoms with Crippen molar-refractivity contribution in [2.75, 3.05) is 24.7 Å². The summed E-state index contributed by atoms with van der Waals surface area (Å²) in [6.07, 6.45) is 4.37. The van der Waals surface area contributed by atoms with E-state index in [-0.39, 0.29) is 41.8 Å². The highest BCUT2D eigenvalue weighted by Crippen LogP contribution is 2.27. The van der Waals surface area contributed by atoms with Gasteiger partial charge in [0.25, 0.3) is 5.69 Å². The van der Waals surface area contributed by atoms with Crippen LogP contribution in [0.15, 0.2) is 35.5 Å². The molecule has 1 amide bonds. The van der Waals surface area contributed by atoms with Gasteiger partial charge >= 0.3 is 0 Å². The monoisotopic (exact) mass is 381 g/mol. The molecule has 2 aromatic rings. The van der Waals surface area contributed by atoms with Crippen LogP contribution in [0.4, 0.5) is 11.4 Å². The van der Waals surface area contributed by atoms with Crippen LogP contribution < -0.4 is 10.6 Å². The number of hydrogen-bond donors (Lipinski definition) is 2. The lowest BCUT2D eigenvalue weighted by molar-refractivity contribution is -0.384. The minimum atomic E-state index is -3.54. The van der Waals surface area contributed by atoms with Gasteiger partial charge < -0.3 is 10.6 Å². The number of anilines is 1. The summed E-state index contributed by atoms with van der Waals surface area (Å²) in [5.41, 5.74) is 0.787. The molecule has 0 fully saturated rings. The van der Waals surface area contributed by atoms with E-state index < -0.39 is 14.8 Å². The maximum absolute atomic E-state index is 11.8. The zero-order valence-electron chi connectivity index (χ0n) is 14.3. The molecule has 140 valence electrons. The predicted octanol–water partition coefficient (Wildman–Crippen LogP) is 0.732. The van der Waals surface area contributed by atoms with Gasteiger partial charge in [0, 0.05) is 31.6 Å². The molecule has 2 rings (SSSR count). The van der Waals surface area contributed by atoms with Crippen molar-refractivity contribution in [1.82, 2.24) is 15.1 Å². The van der Waals surface area contributed by atoms with Crippen molar-refractivity contribution in [1.29, 1.82) is 0 Å². The van der Waals surface area contributed by atoms with Crippen molar-refractivity contribution in [2.24, 2.45) is 0 Å². The van der Waals surface area contributed by atoms with E-state index in [1.54, 1.807) is 12.4 Å². The van der Waals surface area contributed by atoms with Crippen LogP contribution in [0.25, 0.3) is 0 Å². The number of nitrogens with zero attached hydrogens (tertiary/aromatic N) is 3. The summed E-state index contributed by atoms with van der Waals surface area (Å²) in [5.74, 6) is -0.239. The van der Waals surface area contributed by atoms with E-state index in [1.807, 2.05) is 6.92 Å². The van der Waals surface area contributed by atoms with E-state index in [4.69, 9.17) is 0 Å². The smallest absolute Gasteiger partial charge is 0.293 e. The summed E-state index contributed by atoms with van der Waals surface area (Å²) < 4.78 is 24.5. The first-order valence-corrected chi connectivity index (χ1v) is 9.54. The van der Waals surface area contributed by atoms with Crippen molar-refractivity contribution in [2.45, 2.75) is 18.4 Å². The molecule has 0 saturated carbocycles. The second-order valence-electron chi connectivity index (χ2n) is 5.70. The van der Waals surface area contributed by atoms with Crippen molar-refractivity contribution in [3.8, 4) is 0 Å². The Bertz CT molecular complexity index is 922. The number of carbonyl (C=O) groups is 1. The van der Waals surface area contributed by atoms with Gasteiger partial charge in [0.15, 0.2) is 9.84 Å². The van der Waals surface area contributed by atoms with E-state index in [1.165, 1.54) is 16.8 Å². The van der Waals surface area contributed by atoms with Crippen molar-refractivity contribution in [3.63, 3.8) is 0 Å². The zero-order chi connectivity index (χ0) is 19.3. The van der Waals surface area contributed by atoms with Crippen LogP contribution in [-0.4, -0.2) is 48.4 Å². The molecular formula is C15H19N5O5S. The maximum Gasteiger partial charge on any atom is 0.293 e. The number of nitrogens with one attached hydrogen (secondary N) is 2. The molecule has 0 aliphatic rings. The molecule has 1 aromatic carbocycles. The molecule has 0 unspecified atom stereocenters. The summed E-state index contributed by atoms with van der Waals surface area (Å²) in [6, 6.07) is 3.64. The van der Waals surface area contributed by atoms with Crippen LogP contribution in [0, 0.1) is 17.0 Å². The Morgan fingerprint density at radius 1 is 1.35 bits per heavy atom. The van der Waals surface area contributed by atoms with E-state index in [0.29, 0.717) is 0 Å². The second kappa shape index (κ2) is 7.95. The number of aromatic nitrogens is 2. The average molecular weight is 381 g/mol. The van der Waals surface area contributed by atoms with Gasteiger partial charge in [-0.15, -0.1) is 0 Å². The lowest BCUT2D eigenvalue weighted by Crippen LogP contribution is -2.31. The highest BCUT2D eigenvalue weighted by atomic mass is 32.2. The Hall–Kier alpha value is -2.95. The fraction of sp³-hybridized carbons (Fsp3) is 0.333. The van der Waals surface area contributed by atoms with Crippen LogP contribution in [-0.2, 0) is 21.2 Å². The van der Waals surface area contributed by atoms with Gasteiger partial charge in [-0.05, 0) is 24.6 Å². The van der Waals surface area contributed by atoms with Crippen molar-refractivity contribution >= 4 is 27.1 Å². The van der Waals surface area contributed by atoms with Gasteiger partial charge in [0.1, 0.15) is 12.2 Å². The van der Waals surface area contributed by atoms with Crippen LogP contribution in [0.1, 0.15) is 5.56 Å². The van der Waals surface area contributed by atoms with Crippen LogP contribution in [0.3, 0.4) is 0 Å². The van der Waals surface area contributed by atoms with Crippen molar-refractivity contribution < 1.29 is 18.1 Å². The minimum absolute atomic E-state index is 0.0804. The summed E-state index contributed by atoms with van der Waals surface area (Å²) >= 11 is 0. The van der Waals surface area contributed by atoms with E-state index in [2.05, 4.69) is 15.7 Å². The third kappa shape index (κ3) is 5.28. The first kappa shape index (κ1) is 19.4. The Kier molecular flexibility index (Phi) is 5.93. The number of nitro benzene ring substituents is 1. The highest BCUT2D eigenvalue weighted by Gasteiger charge is 2.18. The Labute approximate surface area is 150 Å². The van der Waals surface area contributed by atoms with Gasteiger partial charge in [-0.1, -0.05) is 0 Å². The summed E-state index contributed by atoms with van der Waals surface area (Å²) in [4.78, 5) is 22.1. The number of aryl methyl sites for hydroxylation is 1. The molecule has 1 heterocycles. The quantitative estimate of drug-likeness (QED) is 0.391. The Morgan fingerprint density at radius 2 is 2.08 bits per heavy atom. The number of sulfone groups is 1. The third-order valence-electron chi connectivity index (χ3n) is 3.42. The molecule has 10 nitrogen and oxygen atoms in total. The molecule has 0 bridgehead atoms. The fourth-order valence-electron chi connectivity index (χ4n) is 2.20. The summed E-state index contributed by atoms with van der Waals surface area (Å²) in [7, 11) is -3.54. The largest absolute Gasteiger partial charge is 0.378 e. The standard InChI is InChI=1S/C15H19N5O5S/c1-11-8-18-19(9-11)10-15(21)17-6-5-16-13-4-3-12(26(2,24)25)7-14(13)20(22)23/h3-4,7-9,16H,5-6,10H2,1-2H3,(H,17,21). The zero-order valence-corrected chi connectivity index (χ0v) is 15.1. The average Bonchev–Trinajstić information content (AvgIpc) is 2.95. The first-order valence-electron chi connectivity index (χ1n) is 7.65. The molecule has 0 radical (unpaired) electrons. The Morgan fingerprint density at radius 3 is 2.65 bits per heavy atom. The SMILES string of the molecule is Cc1cnn(CC(=O)NCCNc2ccc(S(C)(=O)=O)cc2[N+](=O)[O-])c1. The number of amides is 1. The topological polar surface area (TPSA) is 136 Å². The minimum Gasteiger partial charge on any atom is -0.378 e. The lowest BCUT2D eigenvalue weighted by Gasteiger charge is -2.09. The molecule has 0 atom stereocenters. The van der Waals surface area contributed by atoms with Crippen LogP contribution in [0.5, 0.6) is 0 Å². The van der Waals surface area contributed by atoms with Gasteiger partial charge in [0.2, 0.25) is 5.91 Å². The van der Waals surface area contributed by atoms with Crippen molar-refractivity contribution in [3.05, 3.63) is 46.3 Å². The molecule has 26 heavy (non-hydrogen) atoms. The highest BCUT2D eigenvalue weighted by molar-refractivity contribution is 7.90. The molecule has 2 N–H and O–H groups in total. The number of hydrogen-bond acceptors (Lipinski definition) is 7. The first-order chi connectivity index (χ1) is 12.2. The third-order valence-corrected chi connectivity index (χ3v) is 4.53. The van der Waals surface area contributed by atoms with Gasteiger partial charge in [0.05, 0.1) is 16.0 Å². The molecule has 11 heteroatoms. The molecule has 1 aromatic heterocycles.